The summed E-state index contributed by atoms with van der Waals surface area (Å²) in [6, 6.07) is 5.88. The monoisotopic (exact) mass is 292 g/mol. The number of methoxy groups -OCH3 is 1. The van der Waals surface area contributed by atoms with Gasteiger partial charge in [-0.1, -0.05) is 18.2 Å². The molecule has 1 aliphatic carbocycles. The lowest BCUT2D eigenvalue weighted by Crippen LogP contribution is -2.22. The first kappa shape index (κ1) is 14.4. The minimum atomic E-state index is -0.517. The van der Waals surface area contributed by atoms with Crippen LogP contribution >= 0.6 is 0 Å². The Bertz CT molecular complexity index is 541. The van der Waals surface area contributed by atoms with Crippen molar-refractivity contribution in [3.8, 4) is 5.75 Å². The summed E-state index contributed by atoms with van der Waals surface area (Å²) in [5.74, 6) is 0.446. The summed E-state index contributed by atoms with van der Waals surface area (Å²) >= 11 is 0. The predicted molar refractivity (Wildman–Crippen MR) is 75.1 cm³/mol. The first-order valence-corrected chi connectivity index (χ1v) is 7.30. The van der Waals surface area contributed by atoms with Crippen molar-refractivity contribution in [2.75, 3.05) is 13.7 Å². The lowest BCUT2D eigenvalue weighted by atomic mass is 9.87. The van der Waals surface area contributed by atoms with Gasteiger partial charge in [0.1, 0.15) is 11.9 Å². The second-order valence-corrected chi connectivity index (χ2v) is 5.74. The van der Waals surface area contributed by atoms with E-state index in [4.69, 9.17) is 4.74 Å². The van der Waals surface area contributed by atoms with Crippen molar-refractivity contribution in [3.63, 3.8) is 0 Å². The fourth-order valence-corrected chi connectivity index (χ4v) is 3.56. The van der Waals surface area contributed by atoms with Gasteiger partial charge in [0.05, 0.1) is 13.2 Å². The number of carbonyl (C=O) groups is 1. The number of aliphatic hydroxyl groups is 2. The third-order valence-electron chi connectivity index (χ3n) is 4.62. The predicted octanol–water partition coefficient (Wildman–Crippen LogP) is 1.01. The molecule has 1 saturated carbocycles. The van der Waals surface area contributed by atoms with Gasteiger partial charge in [0.25, 0.3) is 0 Å². The van der Waals surface area contributed by atoms with Crippen LogP contribution in [0.2, 0.25) is 0 Å². The van der Waals surface area contributed by atoms with Crippen LogP contribution in [0.3, 0.4) is 0 Å². The van der Waals surface area contributed by atoms with Crippen LogP contribution in [-0.4, -0.2) is 42.1 Å². The summed E-state index contributed by atoms with van der Waals surface area (Å²) in [4.78, 5) is 11.3. The zero-order valence-electron chi connectivity index (χ0n) is 12.0. The second kappa shape index (κ2) is 5.66. The first-order valence-electron chi connectivity index (χ1n) is 7.30. The van der Waals surface area contributed by atoms with Gasteiger partial charge in [-0.25, -0.2) is 0 Å². The second-order valence-electron chi connectivity index (χ2n) is 5.74. The molecule has 1 aromatic rings. The summed E-state index contributed by atoms with van der Waals surface area (Å²) < 4.78 is 10.7. The van der Waals surface area contributed by atoms with Crippen LogP contribution in [0.15, 0.2) is 18.2 Å². The van der Waals surface area contributed by atoms with Gasteiger partial charge in [0, 0.05) is 36.8 Å². The smallest absolute Gasteiger partial charge is 0.305 e. The van der Waals surface area contributed by atoms with E-state index in [1.165, 1.54) is 7.11 Å². The average Bonchev–Trinajstić information content (AvgIpc) is 2.99. The maximum Gasteiger partial charge on any atom is 0.305 e. The molecule has 114 valence electrons. The van der Waals surface area contributed by atoms with Crippen molar-refractivity contribution in [2.45, 2.75) is 37.4 Å². The van der Waals surface area contributed by atoms with E-state index in [-0.39, 0.29) is 30.5 Å². The third kappa shape index (κ3) is 2.40. The molecule has 2 N–H and O–H groups in total. The Morgan fingerprint density at radius 2 is 2.29 bits per heavy atom. The molecule has 0 saturated heterocycles. The van der Waals surface area contributed by atoms with E-state index in [1.54, 1.807) is 0 Å². The standard InChI is InChI=1S/C16H20O5/c1-20-14(19)6-5-9-3-2-4-10-15-11(8-17)12(18)7-13(15)21-16(9)10/h2-4,11-13,15,17-18H,5-8H2,1H3/t11?,12-,13+,15-/m1/s1. The molecule has 2 aliphatic rings. The fraction of sp³-hybridized carbons (Fsp3) is 0.562. The maximum absolute atomic E-state index is 11.3. The summed E-state index contributed by atoms with van der Waals surface area (Å²) in [5, 5.41) is 19.5. The molecule has 1 fully saturated rings. The molecule has 1 aromatic carbocycles. The number of fused-ring (bicyclic) bond motifs is 3. The Morgan fingerprint density at radius 1 is 1.48 bits per heavy atom. The van der Waals surface area contributed by atoms with Crippen LogP contribution in [0.5, 0.6) is 5.75 Å². The highest BCUT2D eigenvalue weighted by atomic mass is 16.5. The van der Waals surface area contributed by atoms with Crippen LogP contribution in [0, 0.1) is 5.92 Å². The van der Waals surface area contributed by atoms with Crippen molar-refractivity contribution < 1.29 is 24.5 Å². The number of para-hydroxylation sites is 1. The number of carbonyl (C=O) groups excluding carboxylic acids is 1. The molecule has 1 unspecified atom stereocenters. The molecular formula is C16H20O5. The Hall–Kier alpha value is -1.59. The van der Waals surface area contributed by atoms with Gasteiger partial charge in [-0.3, -0.25) is 4.79 Å². The van der Waals surface area contributed by atoms with Crippen LogP contribution in [0.4, 0.5) is 0 Å². The van der Waals surface area contributed by atoms with Crippen molar-refractivity contribution in [3.05, 3.63) is 29.3 Å². The number of hydrogen-bond acceptors (Lipinski definition) is 5. The number of benzene rings is 1. The van der Waals surface area contributed by atoms with Gasteiger partial charge in [-0.05, 0) is 12.0 Å². The molecule has 0 amide bonds. The molecule has 1 aliphatic heterocycles. The largest absolute Gasteiger partial charge is 0.489 e. The van der Waals surface area contributed by atoms with Crippen molar-refractivity contribution in [1.82, 2.24) is 0 Å². The van der Waals surface area contributed by atoms with Crippen molar-refractivity contribution >= 4 is 5.97 Å². The number of hydrogen-bond donors (Lipinski definition) is 2. The number of esters is 1. The molecule has 0 radical (unpaired) electrons. The average molecular weight is 292 g/mol. The van der Waals surface area contributed by atoms with E-state index in [9.17, 15) is 15.0 Å². The zero-order chi connectivity index (χ0) is 15.0. The Balaban J connectivity index is 1.85. The molecular weight excluding hydrogens is 272 g/mol. The van der Waals surface area contributed by atoms with Gasteiger partial charge in [0.2, 0.25) is 0 Å². The molecule has 21 heavy (non-hydrogen) atoms. The van der Waals surface area contributed by atoms with Crippen molar-refractivity contribution in [1.29, 1.82) is 0 Å². The van der Waals surface area contributed by atoms with Crippen LogP contribution in [0.1, 0.15) is 29.9 Å². The highest BCUT2D eigenvalue weighted by Gasteiger charge is 2.49. The summed E-state index contributed by atoms with van der Waals surface area (Å²) in [5.41, 5.74) is 2.02. The van der Waals surface area contributed by atoms with E-state index in [1.807, 2.05) is 18.2 Å². The van der Waals surface area contributed by atoms with Gasteiger partial charge in [-0.2, -0.15) is 0 Å². The number of aliphatic hydroxyl groups excluding tert-OH is 2. The Morgan fingerprint density at radius 3 is 3.00 bits per heavy atom. The minimum absolute atomic E-state index is 0.0399. The highest BCUT2D eigenvalue weighted by Crippen LogP contribution is 2.51. The van der Waals surface area contributed by atoms with Gasteiger partial charge < -0.3 is 19.7 Å². The van der Waals surface area contributed by atoms with Crippen LogP contribution in [0.25, 0.3) is 0 Å². The lowest BCUT2D eigenvalue weighted by molar-refractivity contribution is -0.140. The quantitative estimate of drug-likeness (QED) is 0.810. The van der Waals surface area contributed by atoms with E-state index in [0.29, 0.717) is 19.3 Å². The number of rotatable bonds is 4. The number of ether oxygens (including phenoxy) is 2. The third-order valence-corrected chi connectivity index (χ3v) is 4.62. The summed E-state index contributed by atoms with van der Waals surface area (Å²) in [6.45, 7) is -0.0441. The van der Waals surface area contributed by atoms with Gasteiger partial charge in [-0.15, -0.1) is 0 Å². The van der Waals surface area contributed by atoms with Gasteiger partial charge in [0.15, 0.2) is 0 Å². The minimum Gasteiger partial charge on any atom is -0.489 e. The molecule has 5 nitrogen and oxygen atoms in total. The van der Waals surface area contributed by atoms with Crippen LogP contribution in [-0.2, 0) is 16.0 Å². The molecule has 5 heteroatoms. The molecule has 0 bridgehead atoms. The molecule has 4 atom stereocenters. The summed E-state index contributed by atoms with van der Waals surface area (Å²) in [7, 11) is 1.38. The highest BCUT2D eigenvalue weighted by molar-refractivity contribution is 5.69. The summed E-state index contributed by atoms with van der Waals surface area (Å²) in [6.07, 6.45) is 0.837. The van der Waals surface area contributed by atoms with E-state index >= 15 is 0 Å². The van der Waals surface area contributed by atoms with Gasteiger partial charge >= 0.3 is 5.97 Å². The molecule has 0 aromatic heterocycles. The maximum atomic E-state index is 11.3. The van der Waals surface area contributed by atoms with Crippen molar-refractivity contribution in [2.24, 2.45) is 5.92 Å². The Labute approximate surface area is 123 Å². The first-order chi connectivity index (χ1) is 10.2. The zero-order valence-corrected chi connectivity index (χ0v) is 12.0. The Kier molecular flexibility index (Phi) is 3.87. The molecule has 0 spiro atoms. The van der Waals surface area contributed by atoms with E-state index < -0.39 is 6.10 Å². The van der Waals surface area contributed by atoms with E-state index in [0.717, 1.165) is 16.9 Å². The van der Waals surface area contributed by atoms with Crippen LogP contribution < -0.4 is 4.74 Å². The number of aryl methyl sites for hydroxylation is 1. The van der Waals surface area contributed by atoms with E-state index in [2.05, 4.69) is 4.74 Å². The SMILES string of the molecule is COC(=O)CCc1cccc2c1O[C@H]1C[C@@H](O)C(CO)[C@@H]21. The lowest BCUT2D eigenvalue weighted by Gasteiger charge is -2.18. The fourth-order valence-electron chi connectivity index (χ4n) is 3.56. The topological polar surface area (TPSA) is 76.0 Å². The molecule has 1 heterocycles. The molecule has 3 rings (SSSR count). The normalized spacial score (nSPS) is 29.7.